The summed E-state index contributed by atoms with van der Waals surface area (Å²) in [5, 5.41) is 3.31. The number of likely N-dealkylation sites (tertiary alicyclic amines) is 1. The molecule has 0 radical (unpaired) electrons. The van der Waals surface area contributed by atoms with Crippen molar-refractivity contribution in [2.24, 2.45) is 5.92 Å². The van der Waals surface area contributed by atoms with Gasteiger partial charge in [0.2, 0.25) is 5.91 Å². The topological polar surface area (TPSA) is 32.3 Å². The molecule has 1 aromatic rings. The van der Waals surface area contributed by atoms with Crippen LogP contribution in [0, 0.1) is 5.92 Å². The van der Waals surface area contributed by atoms with Gasteiger partial charge in [0.25, 0.3) is 0 Å². The van der Waals surface area contributed by atoms with Crippen molar-refractivity contribution in [1.82, 2.24) is 10.2 Å². The second-order valence-electron chi connectivity index (χ2n) is 6.01. The van der Waals surface area contributed by atoms with E-state index in [1.165, 1.54) is 6.07 Å². The van der Waals surface area contributed by atoms with Gasteiger partial charge in [-0.2, -0.15) is 13.2 Å². The highest BCUT2D eigenvalue weighted by molar-refractivity contribution is 5.78. The van der Waals surface area contributed by atoms with E-state index in [0.29, 0.717) is 24.6 Å². The molecule has 23 heavy (non-hydrogen) atoms. The van der Waals surface area contributed by atoms with Crippen LogP contribution in [-0.2, 0) is 17.4 Å². The molecule has 2 rings (SSSR count). The molecule has 3 nitrogen and oxygen atoms in total. The van der Waals surface area contributed by atoms with Gasteiger partial charge in [0.05, 0.1) is 12.0 Å². The van der Waals surface area contributed by atoms with Crippen LogP contribution in [0.2, 0.25) is 0 Å². The lowest BCUT2D eigenvalue weighted by molar-refractivity contribution is -0.138. The number of nitrogens with zero attached hydrogens (tertiary/aromatic N) is 1. The summed E-state index contributed by atoms with van der Waals surface area (Å²) >= 11 is 0. The van der Waals surface area contributed by atoms with Crippen molar-refractivity contribution >= 4 is 5.91 Å². The van der Waals surface area contributed by atoms with E-state index >= 15 is 0 Å². The summed E-state index contributed by atoms with van der Waals surface area (Å²) in [7, 11) is 0. The van der Waals surface area contributed by atoms with Gasteiger partial charge in [-0.05, 0) is 43.5 Å². The number of benzene rings is 1. The van der Waals surface area contributed by atoms with Gasteiger partial charge in [-0.3, -0.25) is 4.79 Å². The molecular formula is C17H23F3N2O. The largest absolute Gasteiger partial charge is 0.416 e. The van der Waals surface area contributed by atoms with Gasteiger partial charge in [-0.1, -0.05) is 25.1 Å². The number of piperidine rings is 1. The lowest BCUT2D eigenvalue weighted by Gasteiger charge is -2.32. The molecule has 0 spiro atoms. The van der Waals surface area contributed by atoms with Gasteiger partial charge in [0.1, 0.15) is 0 Å². The fourth-order valence-electron chi connectivity index (χ4n) is 2.88. The minimum absolute atomic E-state index is 0.0296. The van der Waals surface area contributed by atoms with Crippen LogP contribution in [0.5, 0.6) is 0 Å². The van der Waals surface area contributed by atoms with Gasteiger partial charge in [-0.25, -0.2) is 0 Å². The fraction of sp³-hybridized carbons (Fsp3) is 0.588. The average Bonchev–Trinajstić information content (AvgIpc) is 2.53. The number of halogens is 3. The molecule has 1 heterocycles. The first-order valence-electron chi connectivity index (χ1n) is 8.04. The number of amides is 1. The van der Waals surface area contributed by atoms with Crippen LogP contribution < -0.4 is 5.32 Å². The smallest absolute Gasteiger partial charge is 0.342 e. The summed E-state index contributed by atoms with van der Waals surface area (Å²) in [5.74, 6) is 0.485. The molecule has 128 valence electrons. The lowest BCUT2D eigenvalue weighted by Crippen LogP contribution is -2.41. The zero-order valence-electron chi connectivity index (χ0n) is 13.3. The number of hydrogen-bond donors (Lipinski definition) is 1. The fourth-order valence-corrected chi connectivity index (χ4v) is 2.88. The molecule has 0 bridgehead atoms. The number of rotatable bonds is 5. The van der Waals surface area contributed by atoms with Crippen molar-refractivity contribution in [1.29, 1.82) is 0 Å². The zero-order chi connectivity index (χ0) is 16.9. The van der Waals surface area contributed by atoms with Gasteiger partial charge in [0, 0.05) is 13.1 Å². The molecule has 1 aliphatic rings. The Kier molecular flexibility index (Phi) is 6.04. The predicted octanol–water partition coefficient (Wildman–Crippen LogP) is 3.10. The Hall–Kier alpha value is -1.56. The van der Waals surface area contributed by atoms with E-state index in [2.05, 4.69) is 12.2 Å². The third-order valence-electron chi connectivity index (χ3n) is 4.26. The van der Waals surface area contributed by atoms with Crippen LogP contribution in [0.3, 0.4) is 0 Å². The van der Waals surface area contributed by atoms with E-state index in [4.69, 9.17) is 0 Å². The molecule has 1 aromatic carbocycles. The number of hydrogen-bond acceptors (Lipinski definition) is 2. The van der Waals surface area contributed by atoms with Crippen LogP contribution in [0.4, 0.5) is 13.2 Å². The Bertz CT molecular complexity index is 523. The minimum atomic E-state index is -4.37. The quantitative estimate of drug-likeness (QED) is 0.901. The normalized spacial score (nSPS) is 16.6. The molecule has 1 fully saturated rings. The number of nitrogens with one attached hydrogen (secondary N) is 1. The molecule has 1 amide bonds. The monoisotopic (exact) mass is 328 g/mol. The van der Waals surface area contributed by atoms with Crippen molar-refractivity contribution in [2.75, 3.05) is 26.2 Å². The Morgan fingerprint density at radius 3 is 2.61 bits per heavy atom. The third kappa shape index (κ3) is 5.23. The first-order chi connectivity index (χ1) is 10.9. The highest BCUT2D eigenvalue weighted by Gasteiger charge is 2.30. The van der Waals surface area contributed by atoms with Gasteiger partial charge < -0.3 is 10.2 Å². The molecule has 6 heteroatoms. The molecular weight excluding hydrogens is 305 g/mol. The van der Waals surface area contributed by atoms with Gasteiger partial charge in [-0.15, -0.1) is 0 Å². The van der Waals surface area contributed by atoms with Crippen molar-refractivity contribution in [3.8, 4) is 0 Å². The highest BCUT2D eigenvalue weighted by Crippen LogP contribution is 2.29. The molecule has 0 aromatic heterocycles. The van der Waals surface area contributed by atoms with E-state index in [0.717, 1.165) is 38.1 Å². The van der Waals surface area contributed by atoms with Crippen LogP contribution in [0.1, 0.15) is 30.9 Å². The van der Waals surface area contributed by atoms with Crippen LogP contribution >= 0.6 is 0 Å². The Morgan fingerprint density at radius 2 is 2.00 bits per heavy atom. The molecule has 0 saturated carbocycles. The van der Waals surface area contributed by atoms with Crippen molar-refractivity contribution in [2.45, 2.75) is 32.4 Å². The third-order valence-corrected chi connectivity index (χ3v) is 4.26. The summed E-state index contributed by atoms with van der Waals surface area (Å²) in [6, 6.07) is 5.02. The van der Waals surface area contributed by atoms with Crippen molar-refractivity contribution in [3.05, 3.63) is 35.4 Å². The first kappa shape index (κ1) is 17.8. The Balaban J connectivity index is 1.88. The molecule has 0 aliphatic carbocycles. The standard InChI is InChI=1S/C17H23F3N2O/c1-2-21-12-13-6-8-22(9-7-13)16(23)11-14-4-3-5-15(10-14)17(18,19)20/h3-5,10,13,21H,2,6-9,11-12H2,1H3. The summed E-state index contributed by atoms with van der Waals surface area (Å²) in [6.07, 6.45) is -2.45. The van der Waals surface area contributed by atoms with E-state index in [1.54, 1.807) is 11.0 Å². The maximum Gasteiger partial charge on any atom is 0.416 e. The maximum absolute atomic E-state index is 12.7. The number of carbonyl (C=O) groups excluding carboxylic acids is 1. The van der Waals surface area contributed by atoms with E-state index in [-0.39, 0.29) is 12.3 Å². The lowest BCUT2D eigenvalue weighted by atomic mass is 9.96. The molecule has 1 aliphatic heterocycles. The Morgan fingerprint density at radius 1 is 1.30 bits per heavy atom. The summed E-state index contributed by atoms with van der Waals surface area (Å²) < 4.78 is 38.1. The summed E-state index contributed by atoms with van der Waals surface area (Å²) in [6.45, 7) is 5.34. The number of alkyl halides is 3. The molecule has 1 N–H and O–H groups in total. The molecule has 0 unspecified atom stereocenters. The van der Waals surface area contributed by atoms with E-state index in [9.17, 15) is 18.0 Å². The maximum atomic E-state index is 12.7. The zero-order valence-corrected chi connectivity index (χ0v) is 13.3. The average molecular weight is 328 g/mol. The second-order valence-corrected chi connectivity index (χ2v) is 6.01. The molecule has 1 saturated heterocycles. The van der Waals surface area contributed by atoms with Crippen LogP contribution in [-0.4, -0.2) is 37.0 Å². The molecule has 0 atom stereocenters. The van der Waals surface area contributed by atoms with Crippen LogP contribution in [0.15, 0.2) is 24.3 Å². The van der Waals surface area contributed by atoms with Crippen molar-refractivity contribution in [3.63, 3.8) is 0 Å². The number of carbonyl (C=O) groups is 1. The van der Waals surface area contributed by atoms with E-state index < -0.39 is 11.7 Å². The second kappa shape index (κ2) is 7.81. The summed E-state index contributed by atoms with van der Waals surface area (Å²) in [4.78, 5) is 14.0. The van der Waals surface area contributed by atoms with Gasteiger partial charge >= 0.3 is 6.18 Å². The first-order valence-corrected chi connectivity index (χ1v) is 8.04. The predicted molar refractivity (Wildman–Crippen MR) is 83.0 cm³/mol. The highest BCUT2D eigenvalue weighted by atomic mass is 19.4. The van der Waals surface area contributed by atoms with Gasteiger partial charge in [0.15, 0.2) is 0 Å². The van der Waals surface area contributed by atoms with Crippen LogP contribution in [0.25, 0.3) is 0 Å². The summed E-state index contributed by atoms with van der Waals surface area (Å²) in [5.41, 5.74) is -0.285. The minimum Gasteiger partial charge on any atom is -0.342 e. The van der Waals surface area contributed by atoms with Crippen molar-refractivity contribution < 1.29 is 18.0 Å². The Labute approximate surface area is 134 Å². The SMILES string of the molecule is CCNCC1CCN(C(=O)Cc2cccc(C(F)(F)F)c2)CC1. The van der Waals surface area contributed by atoms with E-state index in [1.807, 2.05) is 0 Å².